The van der Waals surface area contributed by atoms with Crippen LogP contribution < -0.4 is 10.5 Å². The number of ether oxygens (including phenoxy) is 1. The maximum absolute atomic E-state index is 6.20. The zero-order chi connectivity index (χ0) is 13.0. The molecule has 0 aromatic heterocycles. The van der Waals surface area contributed by atoms with Crippen LogP contribution in [-0.4, -0.2) is 6.54 Å². The molecule has 4 heteroatoms. The Morgan fingerprint density at radius 1 is 1.11 bits per heavy atom. The van der Waals surface area contributed by atoms with Crippen LogP contribution in [0.5, 0.6) is 11.5 Å². The van der Waals surface area contributed by atoms with Crippen molar-refractivity contribution in [1.82, 2.24) is 0 Å². The molecule has 0 amide bonds. The Morgan fingerprint density at radius 3 is 2.61 bits per heavy atom. The molecule has 0 fully saturated rings. The van der Waals surface area contributed by atoms with Crippen molar-refractivity contribution in [2.24, 2.45) is 5.73 Å². The fourth-order valence-electron chi connectivity index (χ4n) is 1.66. The van der Waals surface area contributed by atoms with Crippen molar-refractivity contribution >= 4 is 34.2 Å². The van der Waals surface area contributed by atoms with E-state index in [0.717, 1.165) is 21.3 Å². The van der Waals surface area contributed by atoms with Crippen LogP contribution in [0.15, 0.2) is 42.5 Å². The maximum Gasteiger partial charge on any atom is 0.149 e. The van der Waals surface area contributed by atoms with Gasteiger partial charge in [0.1, 0.15) is 11.5 Å². The lowest BCUT2D eigenvalue weighted by Gasteiger charge is -2.13. The third-order valence-electron chi connectivity index (χ3n) is 2.51. The van der Waals surface area contributed by atoms with Gasteiger partial charge in [0.2, 0.25) is 0 Å². The minimum absolute atomic E-state index is 0.572. The summed E-state index contributed by atoms with van der Waals surface area (Å²) in [6, 6.07) is 13.6. The van der Waals surface area contributed by atoms with E-state index in [9.17, 15) is 0 Å². The van der Waals surface area contributed by atoms with E-state index >= 15 is 0 Å². The van der Waals surface area contributed by atoms with E-state index in [0.29, 0.717) is 17.3 Å². The molecule has 2 aromatic carbocycles. The minimum atomic E-state index is 0.572. The zero-order valence-electron chi connectivity index (χ0n) is 9.70. The van der Waals surface area contributed by atoms with E-state index in [-0.39, 0.29) is 0 Å². The Morgan fingerprint density at radius 2 is 1.89 bits per heavy atom. The highest BCUT2D eigenvalue weighted by atomic mass is 127. The normalized spacial score (nSPS) is 10.4. The third kappa shape index (κ3) is 3.16. The lowest BCUT2D eigenvalue weighted by atomic mass is 10.1. The van der Waals surface area contributed by atoms with E-state index < -0.39 is 0 Å². The molecule has 0 aliphatic rings. The molecule has 0 saturated carbocycles. The first-order chi connectivity index (χ1) is 8.72. The minimum Gasteiger partial charge on any atom is -0.454 e. The van der Waals surface area contributed by atoms with Crippen LogP contribution in [0.3, 0.4) is 0 Å². The van der Waals surface area contributed by atoms with Gasteiger partial charge in [0.25, 0.3) is 0 Å². The van der Waals surface area contributed by atoms with Crippen molar-refractivity contribution < 1.29 is 4.74 Å². The van der Waals surface area contributed by atoms with Crippen LogP contribution >= 0.6 is 34.2 Å². The molecule has 2 N–H and O–H groups in total. The highest BCUT2D eigenvalue weighted by molar-refractivity contribution is 14.1. The molecular weight excluding hydrogens is 361 g/mol. The Bertz CT molecular complexity index is 545. The number of hydrogen-bond donors (Lipinski definition) is 1. The number of benzene rings is 2. The average molecular weight is 374 g/mol. The maximum atomic E-state index is 6.20. The summed E-state index contributed by atoms with van der Waals surface area (Å²) >= 11 is 8.44. The van der Waals surface area contributed by atoms with Gasteiger partial charge in [0, 0.05) is 0 Å². The Kier molecular flexibility index (Phi) is 4.86. The Balaban J connectivity index is 2.36. The second-order valence-corrected chi connectivity index (χ2v) is 5.37. The molecule has 0 saturated heterocycles. The van der Waals surface area contributed by atoms with E-state index in [1.165, 1.54) is 0 Å². The number of halogens is 2. The van der Waals surface area contributed by atoms with Crippen molar-refractivity contribution in [3.05, 3.63) is 56.6 Å². The summed E-state index contributed by atoms with van der Waals surface area (Å²) in [4.78, 5) is 0. The van der Waals surface area contributed by atoms with Crippen molar-refractivity contribution in [3.63, 3.8) is 0 Å². The topological polar surface area (TPSA) is 35.2 Å². The smallest absolute Gasteiger partial charge is 0.149 e. The predicted molar refractivity (Wildman–Crippen MR) is 83.4 cm³/mol. The number of hydrogen-bond acceptors (Lipinski definition) is 2. The van der Waals surface area contributed by atoms with Gasteiger partial charge in [0.15, 0.2) is 0 Å². The third-order valence-corrected chi connectivity index (χ3v) is 3.70. The molecule has 2 rings (SSSR count). The highest BCUT2D eigenvalue weighted by Crippen LogP contribution is 2.34. The molecule has 0 radical (unpaired) electrons. The predicted octanol–water partition coefficient (Wildman–Crippen LogP) is 4.24. The number of rotatable bonds is 4. The quantitative estimate of drug-likeness (QED) is 0.814. The van der Waals surface area contributed by atoms with Crippen molar-refractivity contribution in [2.45, 2.75) is 6.42 Å². The van der Waals surface area contributed by atoms with Gasteiger partial charge in [-0.05, 0) is 59.3 Å². The van der Waals surface area contributed by atoms with E-state index in [2.05, 4.69) is 22.6 Å². The molecule has 0 spiro atoms. The SMILES string of the molecule is NCCc1cccc(Cl)c1Oc1ccccc1I. The standard InChI is InChI=1S/C14H13ClINO/c15-11-5-3-4-10(8-9-17)14(11)18-13-7-2-1-6-12(13)16/h1-7H,8-9,17H2. The second-order valence-electron chi connectivity index (χ2n) is 3.80. The monoisotopic (exact) mass is 373 g/mol. The van der Waals surface area contributed by atoms with Crippen LogP contribution in [0.1, 0.15) is 5.56 Å². The summed E-state index contributed by atoms with van der Waals surface area (Å²) in [6.07, 6.45) is 0.749. The van der Waals surface area contributed by atoms with Gasteiger partial charge in [-0.25, -0.2) is 0 Å². The van der Waals surface area contributed by atoms with Gasteiger partial charge >= 0.3 is 0 Å². The van der Waals surface area contributed by atoms with Crippen molar-refractivity contribution in [2.75, 3.05) is 6.54 Å². The van der Waals surface area contributed by atoms with Crippen LogP contribution in [0.25, 0.3) is 0 Å². The molecule has 2 nitrogen and oxygen atoms in total. The fraction of sp³-hybridized carbons (Fsp3) is 0.143. The van der Waals surface area contributed by atoms with Gasteiger partial charge in [-0.15, -0.1) is 0 Å². The Labute approximate surface area is 125 Å². The molecule has 0 heterocycles. The van der Waals surface area contributed by atoms with E-state index in [1.54, 1.807) is 0 Å². The zero-order valence-corrected chi connectivity index (χ0v) is 12.6. The summed E-state index contributed by atoms with van der Waals surface area (Å²) in [5, 5.41) is 0.612. The molecule has 0 atom stereocenters. The lowest BCUT2D eigenvalue weighted by molar-refractivity contribution is 0.473. The summed E-state index contributed by atoms with van der Waals surface area (Å²) in [5.74, 6) is 1.51. The lowest BCUT2D eigenvalue weighted by Crippen LogP contribution is -2.04. The molecule has 0 aliphatic carbocycles. The Hall–Kier alpha value is -0.780. The van der Waals surface area contributed by atoms with Crippen LogP contribution in [0, 0.1) is 3.57 Å². The largest absolute Gasteiger partial charge is 0.454 e. The molecule has 2 aromatic rings. The molecule has 94 valence electrons. The first-order valence-corrected chi connectivity index (χ1v) is 7.08. The van der Waals surface area contributed by atoms with E-state index in [4.69, 9.17) is 22.1 Å². The first-order valence-electron chi connectivity index (χ1n) is 5.62. The van der Waals surface area contributed by atoms with Gasteiger partial charge in [-0.1, -0.05) is 35.9 Å². The van der Waals surface area contributed by atoms with Gasteiger partial charge in [0.05, 0.1) is 8.59 Å². The summed E-state index contributed by atoms with van der Waals surface area (Å²) in [6.45, 7) is 0.572. The van der Waals surface area contributed by atoms with Crippen molar-refractivity contribution in [3.8, 4) is 11.5 Å². The number of para-hydroxylation sites is 2. The van der Waals surface area contributed by atoms with E-state index in [1.807, 2.05) is 42.5 Å². The van der Waals surface area contributed by atoms with Crippen LogP contribution in [0.4, 0.5) is 0 Å². The summed E-state index contributed by atoms with van der Waals surface area (Å²) in [7, 11) is 0. The molecule has 0 aliphatic heterocycles. The van der Waals surface area contributed by atoms with Crippen LogP contribution in [-0.2, 0) is 6.42 Å². The van der Waals surface area contributed by atoms with Gasteiger partial charge in [-0.3, -0.25) is 0 Å². The molecule has 0 bridgehead atoms. The highest BCUT2D eigenvalue weighted by Gasteiger charge is 2.10. The first kappa shape index (κ1) is 13.6. The second kappa shape index (κ2) is 6.41. The molecule has 0 unspecified atom stereocenters. The fourth-order valence-corrected chi connectivity index (χ4v) is 2.39. The average Bonchev–Trinajstić information content (AvgIpc) is 2.36. The number of nitrogens with two attached hydrogens (primary N) is 1. The van der Waals surface area contributed by atoms with Gasteiger partial charge < -0.3 is 10.5 Å². The van der Waals surface area contributed by atoms with Crippen LogP contribution in [0.2, 0.25) is 5.02 Å². The molecular formula is C14H13ClINO. The molecule has 18 heavy (non-hydrogen) atoms. The van der Waals surface area contributed by atoms with Gasteiger partial charge in [-0.2, -0.15) is 0 Å². The summed E-state index contributed by atoms with van der Waals surface area (Å²) in [5.41, 5.74) is 6.63. The summed E-state index contributed by atoms with van der Waals surface area (Å²) < 4.78 is 6.98. The van der Waals surface area contributed by atoms with Crippen molar-refractivity contribution in [1.29, 1.82) is 0 Å².